The molecule has 1 fully saturated rings. The molecule has 1 saturated carbocycles. The molecule has 2 unspecified atom stereocenters. The fourth-order valence-electron chi connectivity index (χ4n) is 3.55. The number of nitrogens with zero attached hydrogens (tertiary/aromatic N) is 2. The average Bonchev–Trinajstić information content (AvgIpc) is 2.86. The molecule has 1 aromatic rings. The quantitative estimate of drug-likeness (QED) is 0.899. The first kappa shape index (κ1) is 12.9. The summed E-state index contributed by atoms with van der Waals surface area (Å²) in [6, 6.07) is 0. The zero-order chi connectivity index (χ0) is 13.2. The first-order chi connectivity index (χ1) is 9.28. The highest BCUT2D eigenvalue weighted by atomic mass is 15.0. The highest BCUT2D eigenvalue weighted by molar-refractivity contribution is 5.48. The number of hydrogen-bond donors (Lipinski definition) is 1. The van der Waals surface area contributed by atoms with Gasteiger partial charge < -0.3 is 5.32 Å². The molecule has 2 aliphatic carbocycles. The Morgan fingerprint density at radius 1 is 1.16 bits per heavy atom. The lowest BCUT2D eigenvalue weighted by Gasteiger charge is -2.21. The Morgan fingerprint density at radius 2 is 2.00 bits per heavy atom. The van der Waals surface area contributed by atoms with Crippen LogP contribution in [0.3, 0.4) is 0 Å². The largest absolute Gasteiger partial charge is 0.370 e. The smallest absolute Gasteiger partial charge is 0.134 e. The van der Waals surface area contributed by atoms with Crippen molar-refractivity contribution in [3.05, 3.63) is 17.1 Å². The van der Waals surface area contributed by atoms with Crippen LogP contribution in [0.4, 0.5) is 5.82 Å². The van der Waals surface area contributed by atoms with Crippen LogP contribution in [0.1, 0.15) is 69.0 Å². The normalized spacial score (nSPS) is 26.2. The molecule has 2 atom stereocenters. The van der Waals surface area contributed by atoms with E-state index in [0.29, 0.717) is 5.92 Å². The number of rotatable bonds is 3. The molecule has 2 aliphatic rings. The van der Waals surface area contributed by atoms with Crippen LogP contribution in [0, 0.1) is 5.92 Å². The van der Waals surface area contributed by atoms with Crippen molar-refractivity contribution in [1.29, 1.82) is 0 Å². The fraction of sp³-hybridized carbons (Fsp3) is 0.750. The maximum absolute atomic E-state index is 4.92. The molecule has 1 N–H and O–H groups in total. The Hall–Kier alpha value is -1.12. The van der Waals surface area contributed by atoms with Crippen LogP contribution in [0.2, 0.25) is 0 Å². The van der Waals surface area contributed by atoms with Crippen molar-refractivity contribution in [2.24, 2.45) is 5.92 Å². The lowest BCUT2D eigenvalue weighted by atomic mass is 9.95. The molecule has 0 bridgehead atoms. The molecule has 1 heterocycles. The van der Waals surface area contributed by atoms with Gasteiger partial charge in [0.1, 0.15) is 11.6 Å². The molecule has 0 saturated heterocycles. The molecule has 3 nitrogen and oxygen atoms in total. The molecule has 3 heteroatoms. The SMILES string of the molecule is CCNc1nc(C2CCC(C)C2)nc2c1CCCC2. The van der Waals surface area contributed by atoms with Gasteiger partial charge in [-0.05, 0) is 57.8 Å². The molecule has 0 radical (unpaired) electrons. The van der Waals surface area contributed by atoms with Gasteiger partial charge in [-0.2, -0.15) is 0 Å². The van der Waals surface area contributed by atoms with E-state index >= 15 is 0 Å². The zero-order valence-corrected chi connectivity index (χ0v) is 12.2. The van der Waals surface area contributed by atoms with Crippen molar-refractivity contribution in [3.8, 4) is 0 Å². The van der Waals surface area contributed by atoms with Crippen LogP contribution >= 0.6 is 0 Å². The zero-order valence-electron chi connectivity index (χ0n) is 12.2. The average molecular weight is 259 g/mol. The second-order valence-corrected chi connectivity index (χ2v) is 6.21. The van der Waals surface area contributed by atoms with Crippen LogP contribution in [0.25, 0.3) is 0 Å². The van der Waals surface area contributed by atoms with Crippen molar-refractivity contribution in [2.75, 3.05) is 11.9 Å². The number of hydrogen-bond acceptors (Lipinski definition) is 3. The summed E-state index contributed by atoms with van der Waals surface area (Å²) in [4.78, 5) is 9.79. The molecule has 0 aromatic carbocycles. The summed E-state index contributed by atoms with van der Waals surface area (Å²) < 4.78 is 0. The summed E-state index contributed by atoms with van der Waals surface area (Å²) in [5.74, 6) is 3.68. The van der Waals surface area contributed by atoms with E-state index in [2.05, 4.69) is 19.2 Å². The standard InChI is InChI=1S/C16H25N3/c1-3-17-16-13-6-4-5-7-14(13)18-15(19-16)12-9-8-11(2)10-12/h11-12H,3-10H2,1-2H3,(H,17,18,19). The molecule has 1 aromatic heterocycles. The van der Waals surface area contributed by atoms with Gasteiger partial charge >= 0.3 is 0 Å². The highest BCUT2D eigenvalue weighted by Gasteiger charge is 2.27. The van der Waals surface area contributed by atoms with E-state index in [4.69, 9.17) is 9.97 Å². The van der Waals surface area contributed by atoms with Crippen LogP contribution in [-0.2, 0) is 12.8 Å². The summed E-state index contributed by atoms with van der Waals surface area (Å²) in [7, 11) is 0. The molecule has 3 rings (SSSR count). The Bertz CT molecular complexity index is 456. The van der Waals surface area contributed by atoms with Crippen LogP contribution in [0.15, 0.2) is 0 Å². The fourth-order valence-corrected chi connectivity index (χ4v) is 3.55. The Balaban J connectivity index is 1.94. The minimum absolute atomic E-state index is 0.597. The minimum atomic E-state index is 0.597. The maximum atomic E-state index is 4.92. The van der Waals surface area contributed by atoms with Crippen molar-refractivity contribution in [1.82, 2.24) is 9.97 Å². The van der Waals surface area contributed by atoms with E-state index in [1.54, 1.807) is 0 Å². The van der Waals surface area contributed by atoms with Gasteiger partial charge in [0.15, 0.2) is 0 Å². The van der Waals surface area contributed by atoms with Gasteiger partial charge in [-0.1, -0.05) is 6.92 Å². The second kappa shape index (κ2) is 5.48. The van der Waals surface area contributed by atoms with E-state index in [-0.39, 0.29) is 0 Å². The van der Waals surface area contributed by atoms with Gasteiger partial charge in [-0.3, -0.25) is 0 Å². The topological polar surface area (TPSA) is 37.8 Å². The summed E-state index contributed by atoms with van der Waals surface area (Å²) in [6.07, 6.45) is 8.74. The van der Waals surface area contributed by atoms with Crippen molar-refractivity contribution < 1.29 is 0 Å². The van der Waals surface area contributed by atoms with Gasteiger partial charge in [-0.15, -0.1) is 0 Å². The van der Waals surface area contributed by atoms with Crippen molar-refractivity contribution in [2.45, 2.75) is 64.7 Å². The Morgan fingerprint density at radius 3 is 2.74 bits per heavy atom. The lowest BCUT2D eigenvalue weighted by Crippen LogP contribution is -2.16. The van der Waals surface area contributed by atoms with E-state index in [1.165, 1.54) is 43.4 Å². The highest BCUT2D eigenvalue weighted by Crippen LogP contribution is 2.38. The molecule has 0 spiro atoms. The minimum Gasteiger partial charge on any atom is -0.370 e. The van der Waals surface area contributed by atoms with Gasteiger partial charge in [0, 0.05) is 23.7 Å². The predicted octanol–water partition coefficient (Wildman–Crippen LogP) is 3.69. The van der Waals surface area contributed by atoms with E-state index < -0.39 is 0 Å². The van der Waals surface area contributed by atoms with Gasteiger partial charge in [0.2, 0.25) is 0 Å². The monoisotopic (exact) mass is 259 g/mol. The first-order valence-corrected chi connectivity index (χ1v) is 7.91. The molecular weight excluding hydrogens is 234 g/mol. The molecular formula is C16H25N3. The first-order valence-electron chi connectivity index (χ1n) is 7.91. The molecule has 19 heavy (non-hydrogen) atoms. The van der Waals surface area contributed by atoms with Gasteiger partial charge in [0.25, 0.3) is 0 Å². The van der Waals surface area contributed by atoms with Crippen molar-refractivity contribution >= 4 is 5.82 Å². The maximum Gasteiger partial charge on any atom is 0.134 e. The van der Waals surface area contributed by atoms with Gasteiger partial charge in [-0.25, -0.2) is 9.97 Å². The summed E-state index contributed by atoms with van der Waals surface area (Å²) >= 11 is 0. The molecule has 104 valence electrons. The second-order valence-electron chi connectivity index (χ2n) is 6.21. The van der Waals surface area contributed by atoms with Crippen LogP contribution in [-0.4, -0.2) is 16.5 Å². The Kier molecular flexibility index (Phi) is 3.72. The number of aryl methyl sites for hydroxylation is 1. The third kappa shape index (κ3) is 2.60. The number of nitrogens with one attached hydrogen (secondary N) is 1. The van der Waals surface area contributed by atoms with Gasteiger partial charge in [0.05, 0.1) is 0 Å². The number of aromatic nitrogens is 2. The Labute approximate surface area is 116 Å². The van der Waals surface area contributed by atoms with Crippen LogP contribution < -0.4 is 5.32 Å². The molecule has 0 aliphatic heterocycles. The van der Waals surface area contributed by atoms with E-state index in [0.717, 1.165) is 36.9 Å². The summed E-state index contributed by atoms with van der Waals surface area (Å²) in [6.45, 7) is 5.45. The predicted molar refractivity (Wildman–Crippen MR) is 78.6 cm³/mol. The third-order valence-corrected chi connectivity index (χ3v) is 4.60. The lowest BCUT2D eigenvalue weighted by molar-refractivity contribution is 0.578. The summed E-state index contributed by atoms with van der Waals surface area (Å²) in [5, 5.41) is 3.46. The number of anilines is 1. The van der Waals surface area contributed by atoms with E-state index in [1.807, 2.05) is 0 Å². The molecule has 0 amide bonds. The summed E-state index contributed by atoms with van der Waals surface area (Å²) in [5.41, 5.74) is 2.72. The van der Waals surface area contributed by atoms with E-state index in [9.17, 15) is 0 Å². The number of fused-ring (bicyclic) bond motifs is 1. The van der Waals surface area contributed by atoms with Crippen molar-refractivity contribution in [3.63, 3.8) is 0 Å². The van der Waals surface area contributed by atoms with Crippen LogP contribution in [0.5, 0.6) is 0 Å². The third-order valence-electron chi connectivity index (χ3n) is 4.60.